The first-order valence-electron chi connectivity index (χ1n) is 9.13. The lowest BCUT2D eigenvalue weighted by Gasteiger charge is -2.34. The highest BCUT2D eigenvalue weighted by Crippen LogP contribution is 2.65. The van der Waals surface area contributed by atoms with Crippen LogP contribution < -0.4 is 5.32 Å². The van der Waals surface area contributed by atoms with Gasteiger partial charge in [0.1, 0.15) is 4.75 Å². The van der Waals surface area contributed by atoms with Crippen LogP contribution in [-0.4, -0.2) is 26.6 Å². The van der Waals surface area contributed by atoms with E-state index in [0.717, 1.165) is 20.9 Å². The van der Waals surface area contributed by atoms with Crippen molar-refractivity contribution in [2.75, 3.05) is 0 Å². The number of pyridine rings is 1. The molecule has 0 radical (unpaired) electrons. The smallest absolute Gasteiger partial charge is 0.259 e. The average molecular weight is 470 g/mol. The molecule has 6 nitrogen and oxygen atoms in total. The van der Waals surface area contributed by atoms with Crippen LogP contribution in [0.2, 0.25) is 0 Å². The summed E-state index contributed by atoms with van der Waals surface area (Å²) < 4.78 is -0.0750. The topological polar surface area (TPSA) is 85.1 Å². The third-order valence-corrected chi connectivity index (χ3v) is 8.15. The zero-order valence-corrected chi connectivity index (χ0v) is 17.7. The fraction of sp³-hybridized carbons (Fsp3) is 0.238. The normalized spacial score (nSPS) is 30.5. The maximum atomic E-state index is 13.0. The summed E-state index contributed by atoms with van der Waals surface area (Å²) >= 11 is 4.72. The van der Waals surface area contributed by atoms with Gasteiger partial charge in [-0.05, 0) is 36.8 Å². The van der Waals surface area contributed by atoms with Crippen molar-refractivity contribution in [1.82, 2.24) is 10.3 Å². The van der Waals surface area contributed by atoms with E-state index in [1.165, 1.54) is 11.8 Å². The van der Waals surface area contributed by atoms with Gasteiger partial charge in [0.25, 0.3) is 6.04 Å². The number of benzene rings is 2. The lowest BCUT2D eigenvalue weighted by atomic mass is 9.74. The average Bonchev–Trinajstić information content (AvgIpc) is 3.14. The summed E-state index contributed by atoms with van der Waals surface area (Å²) in [5, 5.41) is 16.2. The second kappa shape index (κ2) is 6.27. The molecule has 0 aliphatic carbocycles. The van der Waals surface area contributed by atoms with E-state index < -0.39 is 21.6 Å². The molecule has 1 aromatic heterocycles. The number of nitro groups is 1. The van der Waals surface area contributed by atoms with E-state index in [-0.39, 0.29) is 10.8 Å². The van der Waals surface area contributed by atoms with Gasteiger partial charge in [0.15, 0.2) is 4.87 Å². The highest BCUT2D eigenvalue weighted by molar-refractivity contribution is 9.10. The number of nitrogens with one attached hydrogen (secondary N) is 1. The fourth-order valence-electron chi connectivity index (χ4n) is 4.56. The standard InChI is InChI=1S/C21H16BrN3O3S/c1-20-17(13-6-9-14(22)10-7-13)18(25(27)28)21(29-20,24-19(20)26)16-11-8-12-4-2-3-5-15(12)23-16/h2-11,17-18H,1H3,(H,24,26). The van der Waals surface area contributed by atoms with E-state index >= 15 is 0 Å². The van der Waals surface area contributed by atoms with E-state index in [1.54, 1.807) is 13.0 Å². The summed E-state index contributed by atoms with van der Waals surface area (Å²) in [6.45, 7) is 1.80. The molecule has 2 saturated heterocycles. The van der Waals surface area contributed by atoms with Crippen LogP contribution in [0.15, 0.2) is 65.1 Å². The van der Waals surface area contributed by atoms with Crippen LogP contribution >= 0.6 is 27.7 Å². The molecule has 2 aliphatic heterocycles. The third kappa shape index (κ3) is 2.55. The number of fused-ring (bicyclic) bond motifs is 3. The number of carbonyl (C=O) groups excluding carboxylic acids is 1. The Morgan fingerprint density at radius 3 is 2.59 bits per heavy atom. The number of rotatable bonds is 3. The zero-order chi connectivity index (χ0) is 20.4. The second-order valence-electron chi connectivity index (χ2n) is 7.55. The second-order valence-corrected chi connectivity index (χ2v) is 10.2. The van der Waals surface area contributed by atoms with Crippen molar-refractivity contribution < 1.29 is 9.72 Å². The van der Waals surface area contributed by atoms with Gasteiger partial charge in [-0.1, -0.05) is 52.3 Å². The summed E-state index contributed by atoms with van der Waals surface area (Å²) in [7, 11) is 0. The number of halogens is 1. The minimum Gasteiger partial charge on any atom is -0.329 e. The summed E-state index contributed by atoms with van der Waals surface area (Å²) in [6, 6.07) is 17.7. The zero-order valence-electron chi connectivity index (χ0n) is 15.3. The van der Waals surface area contributed by atoms with Crippen molar-refractivity contribution in [3.8, 4) is 0 Å². The Kier molecular flexibility index (Phi) is 4.02. The molecule has 5 rings (SSSR count). The Morgan fingerprint density at radius 1 is 1.14 bits per heavy atom. The van der Waals surface area contributed by atoms with Crippen LogP contribution in [0, 0.1) is 10.1 Å². The number of thioether (sulfide) groups is 1. The molecular formula is C21H16BrN3O3S. The summed E-state index contributed by atoms with van der Waals surface area (Å²) in [5.41, 5.74) is 2.04. The first-order valence-corrected chi connectivity index (χ1v) is 10.7. The van der Waals surface area contributed by atoms with Crippen molar-refractivity contribution in [2.24, 2.45) is 0 Å². The van der Waals surface area contributed by atoms with Gasteiger partial charge in [0.05, 0.1) is 17.1 Å². The van der Waals surface area contributed by atoms with Gasteiger partial charge < -0.3 is 5.32 Å². The Labute approximate surface area is 179 Å². The SMILES string of the molecule is CC12SC(c3ccc4ccccc4n3)(NC1=O)C([N+](=O)[O-])C2c1ccc(Br)cc1. The van der Waals surface area contributed by atoms with Crippen LogP contribution in [0.4, 0.5) is 0 Å². The minimum absolute atomic E-state index is 0.191. The van der Waals surface area contributed by atoms with Crippen molar-refractivity contribution in [3.05, 3.63) is 86.5 Å². The lowest BCUT2D eigenvalue weighted by molar-refractivity contribution is -0.535. The largest absolute Gasteiger partial charge is 0.329 e. The quantitative estimate of drug-likeness (QED) is 0.458. The Morgan fingerprint density at radius 2 is 1.86 bits per heavy atom. The number of para-hydroxylation sites is 1. The predicted octanol–water partition coefficient (Wildman–Crippen LogP) is 4.21. The van der Waals surface area contributed by atoms with Crippen molar-refractivity contribution in [1.29, 1.82) is 0 Å². The molecule has 146 valence electrons. The molecule has 2 bridgehead atoms. The van der Waals surface area contributed by atoms with Gasteiger partial charge in [0, 0.05) is 14.8 Å². The van der Waals surface area contributed by atoms with Gasteiger partial charge in [-0.3, -0.25) is 14.9 Å². The van der Waals surface area contributed by atoms with E-state index in [4.69, 9.17) is 4.98 Å². The van der Waals surface area contributed by atoms with Gasteiger partial charge in [-0.25, -0.2) is 4.98 Å². The van der Waals surface area contributed by atoms with Crippen LogP contribution in [0.25, 0.3) is 10.9 Å². The number of aromatic nitrogens is 1. The molecule has 0 spiro atoms. The minimum atomic E-state index is -1.21. The number of hydrogen-bond donors (Lipinski definition) is 1. The van der Waals surface area contributed by atoms with Crippen molar-refractivity contribution in [3.63, 3.8) is 0 Å². The molecular weight excluding hydrogens is 454 g/mol. The van der Waals surface area contributed by atoms with Crippen molar-refractivity contribution >= 4 is 44.5 Å². The number of nitrogens with zero attached hydrogens (tertiary/aromatic N) is 2. The Bertz CT molecular complexity index is 1170. The predicted molar refractivity (Wildman–Crippen MR) is 115 cm³/mol. The van der Waals surface area contributed by atoms with Gasteiger partial charge in [-0.2, -0.15) is 0 Å². The first kappa shape index (κ1) is 18.6. The highest BCUT2D eigenvalue weighted by atomic mass is 79.9. The number of hydrogen-bond acceptors (Lipinski definition) is 5. The molecule has 3 heterocycles. The van der Waals surface area contributed by atoms with Crippen molar-refractivity contribution in [2.45, 2.75) is 28.5 Å². The number of carbonyl (C=O) groups is 1. The molecule has 8 heteroatoms. The van der Waals surface area contributed by atoms with E-state index in [2.05, 4.69) is 21.2 Å². The van der Waals surface area contributed by atoms with E-state index in [0.29, 0.717) is 5.69 Å². The van der Waals surface area contributed by atoms with E-state index in [9.17, 15) is 14.9 Å². The molecule has 4 atom stereocenters. The number of piperidine rings is 1. The molecule has 1 N–H and O–H groups in total. The monoisotopic (exact) mass is 469 g/mol. The number of amides is 1. The molecule has 1 amide bonds. The first-order chi connectivity index (χ1) is 13.8. The summed E-state index contributed by atoms with van der Waals surface area (Å²) in [5.74, 6) is -0.763. The maximum Gasteiger partial charge on any atom is 0.259 e. The lowest BCUT2D eigenvalue weighted by Crippen LogP contribution is -2.59. The summed E-state index contributed by atoms with van der Waals surface area (Å²) in [6.07, 6.45) is 0. The molecule has 2 aliphatic rings. The Hall–Kier alpha value is -2.45. The molecule has 0 saturated carbocycles. The van der Waals surface area contributed by atoms with Gasteiger partial charge >= 0.3 is 0 Å². The summed E-state index contributed by atoms with van der Waals surface area (Å²) in [4.78, 5) is 28.6. The van der Waals surface area contributed by atoms with Gasteiger partial charge in [0.2, 0.25) is 5.91 Å². The van der Waals surface area contributed by atoms with Crippen LogP contribution in [0.5, 0.6) is 0 Å². The van der Waals surface area contributed by atoms with Crippen LogP contribution in [0.3, 0.4) is 0 Å². The molecule has 4 unspecified atom stereocenters. The molecule has 29 heavy (non-hydrogen) atoms. The van der Waals surface area contributed by atoms with E-state index in [1.807, 2.05) is 54.6 Å². The van der Waals surface area contributed by atoms with Crippen LogP contribution in [-0.2, 0) is 9.67 Å². The molecule has 2 fully saturated rings. The van der Waals surface area contributed by atoms with Crippen LogP contribution in [0.1, 0.15) is 24.1 Å². The van der Waals surface area contributed by atoms with Gasteiger partial charge in [-0.15, -0.1) is 11.8 Å². The Balaban J connectivity index is 1.72. The molecule has 3 aromatic rings. The fourth-order valence-corrected chi connectivity index (χ4v) is 6.73. The molecule has 2 aromatic carbocycles. The maximum absolute atomic E-state index is 13.0. The highest BCUT2D eigenvalue weighted by Gasteiger charge is 2.76. The third-order valence-electron chi connectivity index (χ3n) is 5.88.